The van der Waals surface area contributed by atoms with E-state index in [-0.39, 0.29) is 0 Å². The second kappa shape index (κ2) is 3.99. The number of nitrogens with zero attached hydrogens (tertiary/aromatic N) is 2. The summed E-state index contributed by atoms with van der Waals surface area (Å²) >= 11 is 1.56. The number of hydrogen-bond acceptors (Lipinski definition) is 4. The molecule has 4 nitrogen and oxygen atoms in total. The highest BCUT2D eigenvalue weighted by molar-refractivity contribution is 7.15. The van der Waals surface area contributed by atoms with Gasteiger partial charge in [-0.05, 0) is 36.6 Å². The smallest absolute Gasteiger partial charge is 0.195 e. The van der Waals surface area contributed by atoms with Gasteiger partial charge < -0.3 is 10.5 Å². The molecule has 0 saturated carbocycles. The number of fused-ring (bicyclic) bond motifs is 2. The third-order valence-electron chi connectivity index (χ3n) is 3.44. The second-order valence-electron chi connectivity index (χ2n) is 4.71. The standard InChI is InChI=1S/C14H13N3OS/c15-13-8-19-14-16-11(7-17(13)14)9-3-4-12-10(6-9)2-1-5-18-12/h3-4,6-8H,1-2,5,15H2. The lowest BCUT2D eigenvalue weighted by atomic mass is 10.0. The second-order valence-corrected chi connectivity index (χ2v) is 5.55. The molecule has 5 heteroatoms. The van der Waals surface area contributed by atoms with E-state index in [1.165, 1.54) is 5.56 Å². The van der Waals surface area contributed by atoms with Gasteiger partial charge in [-0.3, -0.25) is 4.40 Å². The zero-order chi connectivity index (χ0) is 12.8. The Morgan fingerprint density at radius 2 is 2.32 bits per heavy atom. The predicted molar refractivity (Wildman–Crippen MR) is 76.7 cm³/mol. The normalized spacial score (nSPS) is 14.3. The van der Waals surface area contributed by atoms with E-state index in [2.05, 4.69) is 17.1 Å². The zero-order valence-corrected chi connectivity index (χ0v) is 11.1. The van der Waals surface area contributed by atoms with E-state index in [1.807, 2.05) is 22.0 Å². The summed E-state index contributed by atoms with van der Waals surface area (Å²) in [6.07, 6.45) is 4.15. The molecule has 1 aliphatic heterocycles. The van der Waals surface area contributed by atoms with E-state index in [9.17, 15) is 0 Å². The van der Waals surface area contributed by atoms with E-state index in [1.54, 1.807) is 11.3 Å². The fourth-order valence-electron chi connectivity index (χ4n) is 2.46. The number of aromatic nitrogens is 2. The highest BCUT2D eigenvalue weighted by atomic mass is 32.1. The minimum atomic E-state index is 0.736. The minimum absolute atomic E-state index is 0.736. The van der Waals surface area contributed by atoms with Crippen LogP contribution in [0.15, 0.2) is 29.8 Å². The maximum atomic E-state index is 5.89. The van der Waals surface area contributed by atoms with Crippen LogP contribution >= 0.6 is 11.3 Å². The van der Waals surface area contributed by atoms with Gasteiger partial charge in [0, 0.05) is 17.1 Å². The van der Waals surface area contributed by atoms with Crippen molar-refractivity contribution < 1.29 is 4.74 Å². The van der Waals surface area contributed by atoms with Gasteiger partial charge in [-0.1, -0.05) is 0 Å². The molecule has 3 heterocycles. The van der Waals surface area contributed by atoms with Crippen molar-refractivity contribution in [1.29, 1.82) is 0 Å². The van der Waals surface area contributed by atoms with Crippen LogP contribution in [0.1, 0.15) is 12.0 Å². The first-order chi connectivity index (χ1) is 9.31. The van der Waals surface area contributed by atoms with Crippen LogP contribution in [0.4, 0.5) is 5.82 Å². The van der Waals surface area contributed by atoms with Crippen LogP contribution in [0.5, 0.6) is 5.75 Å². The van der Waals surface area contributed by atoms with Crippen LogP contribution in [-0.2, 0) is 6.42 Å². The summed E-state index contributed by atoms with van der Waals surface area (Å²) in [6, 6.07) is 6.28. The quantitative estimate of drug-likeness (QED) is 0.740. The number of anilines is 1. The van der Waals surface area contributed by atoms with Crippen molar-refractivity contribution in [1.82, 2.24) is 9.38 Å². The number of benzene rings is 1. The van der Waals surface area contributed by atoms with E-state index in [0.29, 0.717) is 0 Å². The van der Waals surface area contributed by atoms with Crippen molar-refractivity contribution in [2.75, 3.05) is 12.3 Å². The largest absolute Gasteiger partial charge is 0.493 e. The number of imidazole rings is 1. The van der Waals surface area contributed by atoms with E-state index in [0.717, 1.165) is 47.2 Å². The maximum Gasteiger partial charge on any atom is 0.195 e. The first-order valence-corrected chi connectivity index (χ1v) is 7.17. The van der Waals surface area contributed by atoms with E-state index < -0.39 is 0 Å². The molecule has 1 aliphatic rings. The molecule has 0 atom stereocenters. The van der Waals surface area contributed by atoms with E-state index >= 15 is 0 Å². The Bertz CT molecular complexity index is 759. The average Bonchev–Trinajstić information content (AvgIpc) is 3.01. The molecule has 96 valence electrons. The van der Waals surface area contributed by atoms with Crippen molar-refractivity contribution in [3.05, 3.63) is 35.3 Å². The first kappa shape index (κ1) is 10.9. The maximum absolute atomic E-state index is 5.89. The van der Waals surface area contributed by atoms with Gasteiger partial charge in [-0.25, -0.2) is 4.98 Å². The molecule has 0 spiro atoms. The van der Waals surface area contributed by atoms with Crippen LogP contribution in [0.2, 0.25) is 0 Å². The van der Waals surface area contributed by atoms with E-state index in [4.69, 9.17) is 10.5 Å². The molecule has 0 aliphatic carbocycles. The molecule has 4 rings (SSSR count). The Labute approximate surface area is 114 Å². The average molecular weight is 271 g/mol. The SMILES string of the molecule is Nc1csc2nc(-c3ccc4c(c3)CCCO4)cn12. The van der Waals surface area contributed by atoms with Crippen molar-refractivity contribution in [3.8, 4) is 17.0 Å². The van der Waals surface area contributed by atoms with Gasteiger partial charge in [0.25, 0.3) is 0 Å². The molecule has 0 radical (unpaired) electrons. The minimum Gasteiger partial charge on any atom is -0.493 e. The van der Waals surface area contributed by atoms with Crippen LogP contribution in [0.3, 0.4) is 0 Å². The summed E-state index contributed by atoms with van der Waals surface area (Å²) in [5, 5.41) is 1.91. The van der Waals surface area contributed by atoms with Gasteiger partial charge in [-0.15, -0.1) is 11.3 Å². The topological polar surface area (TPSA) is 52.5 Å². The number of thiazole rings is 1. The summed E-state index contributed by atoms with van der Waals surface area (Å²) in [4.78, 5) is 5.55. The zero-order valence-electron chi connectivity index (χ0n) is 10.3. The van der Waals surface area contributed by atoms with Gasteiger partial charge >= 0.3 is 0 Å². The molecule has 2 aromatic heterocycles. The highest BCUT2D eigenvalue weighted by Gasteiger charge is 2.13. The van der Waals surface area contributed by atoms with Crippen LogP contribution in [0.25, 0.3) is 16.2 Å². The van der Waals surface area contributed by atoms with Gasteiger partial charge in [0.2, 0.25) is 0 Å². The highest BCUT2D eigenvalue weighted by Crippen LogP contribution is 2.31. The Hall–Kier alpha value is -2.01. The van der Waals surface area contributed by atoms with Gasteiger partial charge in [0.1, 0.15) is 11.6 Å². The molecule has 19 heavy (non-hydrogen) atoms. The van der Waals surface area contributed by atoms with Gasteiger partial charge in [0.15, 0.2) is 4.96 Å². The molecular formula is C14H13N3OS. The monoisotopic (exact) mass is 271 g/mol. The molecule has 0 amide bonds. The lowest BCUT2D eigenvalue weighted by Gasteiger charge is -2.17. The third-order valence-corrected chi connectivity index (χ3v) is 4.30. The number of aryl methyl sites for hydroxylation is 1. The Kier molecular flexibility index (Phi) is 2.29. The number of hydrogen-bond donors (Lipinski definition) is 1. The van der Waals surface area contributed by atoms with Crippen LogP contribution in [-0.4, -0.2) is 16.0 Å². The Morgan fingerprint density at radius 1 is 1.37 bits per heavy atom. The van der Waals surface area contributed by atoms with Crippen molar-refractivity contribution in [2.24, 2.45) is 0 Å². The summed E-state index contributed by atoms with van der Waals surface area (Å²) in [5.74, 6) is 1.75. The summed E-state index contributed by atoms with van der Waals surface area (Å²) in [7, 11) is 0. The third kappa shape index (κ3) is 1.69. The Morgan fingerprint density at radius 3 is 3.21 bits per heavy atom. The summed E-state index contributed by atoms with van der Waals surface area (Å²) in [5.41, 5.74) is 9.25. The van der Waals surface area contributed by atoms with Crippen LogP contribution < -0.4 is 10.5 Å². The molecule has 2 N–H and O–H groups in total. The lowest BCUT2D eigenvalue weighted by Crippen LogP contribution is -2.08. The summed E-state index contributed by atoms with van der Waals surface area (Å²) < 4.78 is 7.56. The lowest BCUT2D eigenvalue weighted by molar-refractivity contribution is 0.288. The molecule has 3 aromatic rings. The summed E-state index contributed by atoms with van der Waals surface area (Å²) in [6.45, 7) is 0.823. The fraction of sp³-hybridized carbons (Fsp3) is 0.214. The first-order valence-electron chi connectivity index (χ1n) is 6.29. The van der Waals surface area contributed by atoms with Crippen molar-refractivity contribution in [2.45, 2.75) is 12.8 Å². The Balaban J connectivity index is 1.82. The van der Waals surface area contributed by atoms with Gasteiger partial charge in [-0.2, -0.15) is 0 Å². The van der Waals surface area contributed by atoms with Crippen molar-refractivity contribution >= 4 is 22.1 Å². The number of nitrogens with two attached hydrogens (primary N) is 1. The van der Waals surface area contributed by atoms with Crippen molar-refractivity contribution in [3.63, 3.8) is 0 Å². The predicted octanol–water partition coefficient (Wildman–Crippen LogP) is 2.97. The fourth-order valence-corrected chi connectivity index (χ4v) is 3.22. The number of ether oxygens (including phenoxy) is 1. The molecule has 0 fully saturated rings. The molecule has 0 unspecified atom stereocenters. The molecule has 0 saturated heterocycles. The van der Waals surface area contributed by atoms with Gasteiger partial charge in [0.05, 0.1) is 12.3 Å². The molecule has 0 bridgehead atoms. The number of nitrogen functional groups attached to an aromatic ring is 1. The molecule has 1 aromatic carbocycles. The molecular weight excluding hydrogens is 258 g/mol. The number of rotatable bonds is 1. The van der Waals surface area contributed by atoms with Crippen LogP contribution in [0, 0.1) is 0 Å².